The second-order valence-electron chi connectivity index (χ2n) is 5.00. The van der Waals surface area contributed by atoms with Crippen LogP contribution >= 0.6 is 11.3 Å². The van der Waals surface area contributed by atoms with Gasteiger partial charge in [0, 0.05) is 23.1 Å². The fraction of sp³-hybridized carbons (Fsp3) is 0.0556. The molecule has 0 N–H and O–H groups in total. The normalized spacial score (nSPS) is 10.1. The Bertz CT molecular complexity index is 896. The van der Waals surface area contributed by atoms with Gasteiger partial charge in [0.1, 0.15) is 18.2 Å². The summed E-state index contributed by atoms with van der Waals surface area (Å²) in [6, 6.07) is 18.0. The summed E-state index contributed by atoms with van der Waals surface area (Å²) in [5, 5.41) is 22.6. The lowest BCUT2D eigenvalue weighted by molar-refractivity contribution is -0.384. The number of nitriles is 1. The van der Waals surface area contributed by atoms with Gasteiger partial charge < -0.3 is 4.74 Å². The molecule has 5 nitrogen and oxygen atoms in total. The summed E-state index contributed by atoms with van der Waals surface area (Å²) in [5.41, 5.74) is 3.17. The number of non-ortho nitro benzene ring substituents is 1. The highest BCUT2D eigenvalue weighted by Crippen LogP contribution is 2.37. The molecule has 0 unspecified atom stereocenters. The van der Waals surface area contributed by atoms with Crippen LogP contribution in [0, 0.1) is 21.4 Å². The number of thiophene rings is 1. The van der Waals surface area contributed by atoms with Crippen molar-refractivity contribution in [2.75, 3.05) is 0 Å². The predicted octanol–water partition coefficient (Wildman–Crippen LogP) is 4.77. The zero-order chi connectivity index (χ0) is 16.9. The average Bonchev–Trinajstić information content (AvgIpc) is 3.04. The summed E-state index contributed by atoms with van der Waals surface area (Å²) in [6.07, 6.45) is 0. The summed E-state index contributed by atoms with van der Waals surface area (Å²) < 4.78 is 5.74. The molecule has 3 rings (SSSR count). The van der Waals surface area contributed by atoms with Crippen LogP contribution in [0.25, 0.3) is 11.1 Å². The summed E-state index contributed by atoms with van der Waals surface area (Å²) in [5.74, 6) is 0. The summed E-state index contributed by atoms with van der Waals surface area (Å²) >= 11 is 1.37. The maximum absolute atomic E-state index is 10.7. The Hall–Kier alpha value is -3.17. The minimum Gasteiger partial charge on any atom is -0.478 e. The van der Waals surface area contributed by atoms with Crippen molar-refractivity contribution in [2.45, 2.75) is 6.61 Å². The summed E-state index contributed by atoms with van der Waals surface area (Å²) in [4.78, 5) is 10.2. The number of ether oxygens (including phenoxy) is 1. The van der Waals surface area contributed by atoms with Crippen LogP contribution < -0.4 is 4.74 Å². The standard InChI is InChI=1S/C18H12N2O3S/c19-10-16-17(14-4-2-1-3-5-14)12-24-18(16)23-11-13-6-8-15(9-7-13)20(21)22/h1-9,12H,11H2. The maximum atomic E-state index is 10.7. The Morgan fingerprint density at radius 2 is 1.83 bits per heavy atom. The molecule has 1 heterocycles. The molecule has 0 amide bonds. The van der Waals surface area contributed by atoms with Gasteiger partial charge in [-0.15, -0.1) is 11.3 Å². The van der Waals surface area contributed by atoms with Crippen LogP contribution in [0.2, 0.25) is 0 Å². The first-order valence-corrected chi connectivity index (χ1v) is 8.00. The average molecular weight is 336 g/mol. The van der Waals surface area contributed by atoms with Crippen LogP contribution in [0.1, 0.15) is 11.1 Å². The molecule has 0 saturated carbocycles. The number of hydrogen-bond donors (Lipinski definition) is 0. The first-order chi connectivity index (χ1) is 11.7. The van der Waals surface area contributed by atoms with E-state index < -0.39 is 4.92 Å². The van der Waals surface area contributed by atoms with Crippen molar-refractivity contribution in [3.05, 3.63) is 81.2 Å². The molecule has 0 radical (unpaired) electrons. The molecule has 118 valence electrons. The highest BCUT2D eigenvalue weighted by atomic mass is 32.1. The van der Waals surface area contributed by atoms with Crippen molar-refractivity contribution in [1.29, 1.82) is 5.26 Å². The largest absolute Gasteiger partial charge is 0.478 e. The first-order valence-electron chi connectivity index (χ1n) is 7.12. The van der Waals surface area contributed by atoms with Gasteiger partial charge in [-0.2, -0.15) is 5.26 Å². The third kappa shape index (κ3) is 3.26. The van der Waals surface area contributed by atoms with Crippen molar-refractivity contribution in [3.8, 4) is 22.3 Å². The third-order valence-corrected chi connectivity index (χ3v) is 4.36. The van der Waals surface area contributed by atoms with Gasteiger partial charge in [0.05, 0.1) is 4.92 Å². The van der Waals surface area contributed by atoms with Crippen LogP contribution in [0.5, 0.6) is 5.06 Å². The molecule has 0 atom stereocenters. The van der Waals surface area contributed by atoms with Gasteiger partial charge in [0.15, 0.2) is 5.06 Å². The Morgan fingerprint density at radius 3 is 2.46 bits per heavy atom. The number of benzene rings is 2. The Balaban J connectivity index is 1.78. The van der Waals surface area contributed by atoms with Crippen LogP contribution in [-0.2, 0) is 6.61 Å². The highest BCUT2D eigenvalue weighted by molar-refractivity contribution is 7.12. The maximum Gasteiger partial charge on any atom is 0.269 e. The summed E-state index contributed by atoms with van der Waals surface area (Å²) in [6.45, 7) is 0.251. The molecule has 6 heteroatoms. The number of nitro benzene ring substituents is 1. The van der Waals surface area contributed by atoms with E-state index in [-0.39, 0.29) is 12.3 Å². The SMILES string of the molecule is N#Cc1c(-c2ccccc2)csc1OCc1ccc([N+](=O)[O-])cc1. The minimum atomic E-state index is -0.441. The molecule has 24 heavy (non-hydrogen) atoms. The first kappa shape index (κ1) is 15.7. The Kier molecular flexibility index (Phi) is 4.54. The second-order valence-corrected chi connectivity index (χ2v) is 5.84. The fourth-order valence-electron chi connectivity index (χ4n) is 2.25. The molecule has 1 aromatic heterocycles. The molecule has 0 bridgehead atoms. The van der Waals surface area contributed by atoms with Gasteiger partial charge in [-0.1, -0.05) is 30.3 Å². The van der Waals surface area contributed by atoms with Gasteiger partial charge in [0.25, 0.3) is 5.69 Å². The van der Waals surface area contributed by atoms with E-state index in [0.29, 0.717) is 10.6 Å². The molecule has 0 aliphatic heterocycles. The highest BCUT2D eigenvalue weighted by Gasteiger charge is 2.14. The van der Waals surface area contributed by atoms with Gasteiger partial charge in [-0.3, -0.25) is 10.1 Å². The molecule has 0 saturated heterocycles. The molecule has 0 aliphatic rings. The minimum absolute atomic E-state index is 0.0407. The number of nitro groups is 1. The molecule has 0 spiro atoms. The topological polar surface area (TPSA) is 76.2 Å². The van der Waals surface area contributed by atoms with Crippen molar-refractivity contribution in [1.82, 2.24) is 0 Å². The predicted molar refractivity (Wildman–Crippen MR) is 91.9 cm³/mol. The van der Waals surface area contributed by atoms with Crippen molar-refractivity contribution in [2.24, 2.45) is 0 Å². The number of rotatable bonds is 5. The van der Waals surface area contributed by atoms with E-state index in [9.17, 15) is 15.4 Å². The van der Waals surface area contributed by atoms with E-state index in [0.717, 1.165) is 16.7 Å². The lowest BCUT2D eigenvalue weighted by Crippen LogP contribution is -1.96. The van der Waals surface area contributed by atoms with Crippen LogP contribution in [0.3, 0.4) is 0 Å². The van der Waals surface area contributed by atoms with Crippen molar-refractivity contribution >= 4 is 17.0 Å². The lowest BCUT2D eigenvalue weighted by Gasteiger charge is -2.05. The molecule has 3 aromatic rings. The van der Waals surface area contributed by atoms with Gasteiger partial charge >= 0.3 is 0 Å². The molecule has 0 aliphatic carbocycles. The van der Waals surface area contributed by atoms with Gasteiger partial charge in [-0.05, 0) is 23.3 Å². The number of nitrogens with zero attached hydrogens (tertiary/aromatic N) is 2. The van der Waals surface area contributed by atoms with Crippen LogP contribution in [-0.4, -0.2) is 4.92 Å². The number of hydrogen-bond acceptors (Lipinski definition) is 5. The van der Waals surface area contributed by atoms with E-state index in [2.05, 4.69) is 6.07 Å². The fourth-order valence-corrected chi connectivity index (χ4v) is 3.12. The molecule has 0 fully saturated rings. The molecule has 2 aromatic carbocycles. The molecular weight excluding hydrogens is 324 g/mol. The van der Waals surface area contributed by atoms with Crippen LogP contribution in [0.15, 0.2) is 60.0 Å². The summed E-state index contributed by atoms with van der Waals surface area (Å²) in [7, 11) is 0. The van der Waals surface area contributed by atoms with E-state index in [1.54, 1.807) is 12.1 Å². The van der Waals surface area contributed by atoms with E-state index in [4.69, 9.17) is 4.74 Å². The van der Waals surface area contributed by atoms with Crippen LogP contribution in [0.4, 0.5) is 5.69 Å². The Labute approximate surface area is 142 Å². The quantitative estimate of drug-likeness (QED) is 0.496. The third-order valence-electron chi connectivity index (χ3n) is 3.47. The smallest absolute Gasteiger partial charge is 0.269 e. The lowest BCUT2D eigenvalue weighted by atomic mass is 10.1. The van der Waals surface area contributed by atoms with E-state index in [1.807, 2.05) is 35.7 Å². The van der Waals surface area contributed by atoms with Gasteiger partial charge in [-0.25, -0.2) is 0 Å². The molecular formula is C18H12N2O3S. The Morgan fingerprint density at radius 1 is 1.12 bits per heavy atom. The van der Waals surface area contributed by atoms with E-state index >= 15 is 0 Å². The van der Waals surface area contributed by atoms with Crippen molar-refractivity contribution < 1.29 is 9.66 Å². The van der Waals surface area contributed by atoms with Crippen molar-refractivity contribution in [3.63, 3.8) is 0 Å². The van der Waals surface area contributed by atoms with Gasteiger partial charge in [0.2, 0.25) is 0 Å². The zero-order valence-electron chi connectivity index (χ0n) is 12.5. The van der Waals surface area contributed by atoms with E-state index in [1.165, 1.54) is 23.5 Å². The monoisotopic (exact) mass is 336 g/mol. The second kappa shape index (κ2) is 6.94. The zero-order valence-corrected chi connectivity index (χ0v) is 13.3.